The van der Waals surface area contributed by atoms with Gasteiger partial charge in [0.2, 0.25) is 0 Å². The van der Waals surface area contributed by atoms with E-state index in [1.54, 1.807) is 26.2 Å². The molecule has 0 radical (unpaired) electrons. The van der Waals surface area contributed by atoms with Crippen LogP contribution in [0.4, 0.5) is 0 Å². The molecule has 0 saturated carbocycles. The zero-order chi connectivity index (χ0) is 16.8. The largest absolute Gasteiger partial charge is 0.493 e. The first-order chi connectivity index (χ1) is 11.0. The van der Waals surface area contributed by atoms with Crippen LogP contribution < -0.4 is 14.8 Å². The second-order valence-electron chi connectivity index (χ2n) is 4.92. The van der Waals surface area contributed by atoms with Gasteiger partial charge in [-0.25, -0.2) is 0 Å². The van der Waals surface area contributed by atoms with E-state index in [4.69, 9.17) is 25.5 Å². The SMILES string of the molecule is CCOc1cc(CNC(=O)c2ccc(C(C)Cl)o2)ccc1OC. The first-order valence-electron chi connectivity index (χ1n) is 7.36. The van der Waals surface area contributed by atoms with E-state index < -0.39 is 0 Å². The Balaban J connectivity index is 2.02. The van der Waals surface area contributed by atoms with Gasteiger partial charge in [0.1, 0.15) is 5.76 Å². The predicted molar refractivity (Wildman–Crippen MR) is 88.3 cm³/mol. The number of furan rings is 1. The molecule has 0 aliphatic carbocycles. The molecule has 124 valence electrons. The molecule has 1 N–H and O–H groups in total. The van der Waals surface area contributed by atoms with Gasteiger partial charge in [-0.1, -0.05) is 6.07 Å². The fourth-order valence-corrected chi connectivity index (χ4v) is 2.17. The van der Waals surface area contributed by atoms with Crippen LogP contribution >= 0.6 is 11.6 Å². The molecule has 2 aromatic rings. The molecule has 5 nitrogen and oxygen atoms in total. The third kappa shape index (κ3) is 4.42. The number of methoxy groups -OCH3 is 1. The maximum absolute atomic E-state index is 12.1. The third-order valence-corrected chi connectivity index (χ3v) is 3.44. The van der Waals surface area contributed by atoms with Crippen molar-refractivity contribution in [1.29, 1.82) is 0 Å². The lowest BCUT2D eigenvalue weighted by Crippen LogP contribution is -2.22. The molecule has 1 amide bonds. The average molecular weight is 338 g/mol. The minimum Gasteiger partial charge on any atom is -0.493 e. The maximum atomic E-state index is 12.1. The summed E-state index contributed by atoms with van der Waals surface area (Å²) in [6.07, 6.45) is 0. The Labute approximate surface area is 140 Å². The van der Waals surface area contributed by atoms with Crippen LogP contribution in [0.15, 0.2) is 34.7 Å². The standard InChI is InChI=1S/C17H20ClNO4/c1-4-22-16-9-12(5-6-14(16)21-3)10-19-17(20)15-8-7-13(23-15)11(2)18/h5-9,11H,4,10H2,1-3H3,(H,19,20). The van der Waals surface area contributed by atoms with E-state index in [0.29, 0.717) is 30.4 Å². The molecule has 1 atom stereocenters. The van der Waals surface area contributed by atoms with Gasteiger partial charge in [0.25, 0.3) is 5.91 Å². The molecule has 0 spiro atoms. The Kier molecular flexibility index (Phi) is 5.93. The molecule has 6 heteroatoms. The second kappa shape index (κ2) is 7.92. The minimum atomic E-state index is -0.289. The second-order valence-corrected chi connectivity index (χ2v) is 5.57. The molecule has 0 saturated heterocycles. The Morgan fingerprint density at radius 3 is 2.70 bits per heavy atom. The summed E-state index contributed by atoms with van der Waals surface area (Å²) >= 11 is 5.92. The van der Waals surface area contributed by atoms with E-state index in [0.717, 1.165) is 5.56 Å². The van der Waals surface area contributed by atoms with Crippen molar-refractivity contribution in [2.75, 3.05) is 13.7 Å². The summed E-state index contributed by atoms with van der Waals surface area (Å²) in [5.41, 5.74) is 0.903. The van der Waals surface area contributed by atoms with E-state index in [2.05, 4.69) is 5.32 Å². The van der Waals surface area contributed by atoms with Gasteiger partial charge in [0.05, 0.1) is 19.1 Å². The van der Waals surface area contributed by atoms with Gasteiger partial charge in [-0.3, -0.25) is 4.79 Å². The smallest absolute Gasteiger partial charge is 0.287 e. The number of benzene rings is 1. The highest BCUT2D eigenvalue weighted by molar-refractivity contribution is 6.20. The van der Waals surface area contributed by atoms with Crippen molar-refractivity contribution in [1.82, 2.24) is 5.32 Å². The molecule has 23 heavy (non-hydrogen) atoms. The van der Waals surface area contributed by atoms with E-state index in [1.165, 1.54) is 0 Å². The van der Waals surface area contributed by atoms with Crippen LogP contribution in [-0.2, 0) is 6.54 Å². The number of carbonyl (C=O) groups is 1. The van der Waals surface area contributed by atoms with Crippen molar-refractivity contribution < 1.29 is 18.7 Å². The first kappa shape index (κ1) is 17.2. The Morgan fingerprint density at radius 2 is 2.09 bits per heavy atom. The summed E-state index contributed by atoms with van der Waals surface area (Å²) in [5.74, 6) is 1.83. The highest BCUT2D eigenvalue weighted by atomic mass is 35.5. The summed E-state index contributed by atoms with van der Waals surface area (Å²) < 4.78 is 16.2. The molecular formula is C17H20ClNO4. The van der Waals surface area contributed by atoms with E-state index >= 15 is 0 Å². The van der Waals surface area contributed by atoms with Gasteiger partial charge in [-0.15, -0.1) is 11.6 Å². The number of rotatable bonds is 7. The molecule has 1 heterocycles. The van der Waals surface area contributed by atoms with Gasteiger partial charge in [0.15, 0.2) is 17.3 Å². The quantitative estimate of drug-likeness (QED) is 0.778. The molecule has 1 aromatic heterocycles. The number of alkyl halides is 1. The van der Waals surface area contributed by atoms with Gasteiger partial charge in [-0.05, 0) is 43.7 Å². The van der Waals surface area contributed by atoms with Crippen LogP contribution in [0.3, 0.4) is 0 Å². The highest BCUT2D eigenvalue weighted by Gasteiger charge is 2.14. The van der Waals surface area contributed by atoms with Crippen LogP contribution in [0, 0.1) is 0 Å². The Bertz CT molecular complexity index is 666. The number of nitrogens with one attached hydrogen (secondary N) is 1. The maximum Gasteiger partial charge on any atom is 0.287 e. The Morgan fingerprint density at radius 1 is 1.30 bits per heavy atom. The molecule has 1 unspecified atom stereocenters. The van der Waals surface area contributed by atoms with Crippen LogP contribution in [0.25, 0.3) is 0 Å². The van der Waals surface area contributed by atoms with Crippen molar-refractivity contribution in [3.05, 3.63) is 47.4 Å². The lowest BCUT2D eigenvalue weighted by Gasteiger charge is -2.11. The predicted octanol–water partition coefficient (Wildman–Crippen LogP) is 3.92. The van der Waals surface area contributed by atoms with Gasteiger partial charge in [-0.2, -0.15) is 0 Å². The lowest BCUT2D eigenvalue weighted by molar-refractivity contribution is 0.0921. The molecule has 0 aliphatic heterocycles. The number of halogens is 1. The van der Waals surface area contributed by atoms with E-state index in [-0.39, 0.29) is 17.0 Å². The first-order valence-corrected chi connectivity index (χ1v) is 7.80. The van der Waals surface area contributed by atoms with E-state index in [1.807, 2.05) is 25.1 Å². The number of ether oxygens (including phenoxy) is 2. The van der Waals surface area contributed by atoms with Crippen LogP contribution in [0.2, 0.25) is 0 Å². The zero-order valence-electron chi connectivity index (χ0n) is 13.4. The van der Waals surface area contributed by atoms with Crippen LogP contribution in [0.1, 0.15) is 41.1 Å². The monoisotopic (exact) mass is 337 g/mol. The molecule has 2 rings (SSSR count). The molecule has 1 aromatic carbocycles. The van der Waals surface area contributed by atoms with E-state index in [9.17, 15) is 4.79 Å². The van der Waals surface area contributed by atoms with Gasteiger partial charge < -0.3 is 19.2 Å². The summed E-state index contributed by atoms with van der Waals surface area (Å²) in [5, 5.41) is 2.53. The summed E-state index contributed by atoms with van der Waals surface area (Å²) in [4.78, 5) is 12.1. The van der Waals surface area contributed by atoms with Crippen molar-refractivity contribution >= 4 is 17.5 Å². The fourth-order valence-electron chi connectivity index (χ4n) is 2.06. The summed E-state index contributed by atoms with van der Waals surface area (Å²) in [7, 11) is 1.59. The van der Waals surface area contributed by atoms with Crippen molar-refractivity contribution in [2.45, 2.75) is 25.8 Å². The zero-order valence-corrected chi connectivity index (χ0v) is 14.1. The molecule has 0 fully saturated rings. The van der Waals surface area contributed by atoms with Crippen molar-refractivity contribution in [3.63, 3.8) is 0 Å². The minimum absolute atomic E-state index is 0.242. The molecular weight excluding hydrogens is 318 g/mol. The number of carbonyl (C=O) groups excluding carboxylic acids is 1. The Hall–Kier alpha value is -2.14. The molecule has 0 aliphatic rings. The highest BCUT2D eigenvalue weighted by Crippen LogP contribution is 2.28. The lowest BCUT2D eigenvalue weighted by atomic mass is 10.2. The van der Waals surface area contributed by atoms with Crippen molar-refractivity contribution in [2.24, 2.45) is 0 Å². The van der Waals surface area contributed by atoms with Gasteiger partial charge in [0, 0.05) is 6.54 Å². The normalized spacial score (nSPS) is 11.8. The number of hydrogen-bond acceptors (Lipinski definition) is 4. The average Bonchev–Trinajstić information content (AvgIpc) is 3.03. The molecule has 0 bridgehead atoms. The number of hydrogen-bond donors (Lipinski definition) is 1. The topological polar surface area (TPSA) is 60.7 Å². The van der Waals surface area contributed by atoms with Gasteiger partial charge >= 0.3 is 0 Å². The third-order valence-electron chi connectivity index (χ3n) is 3.22. The van der Waals surface area contributed by atoms with Crippen LogP contribution in [0.5, 0.6) is 11.5 Å². The summed E-state index contributed by atoms with van der Waals surface area (Å²) in [6.45, 7) is 4.59. The summed E-state index contributed by atoms with van der Waals surface area (Å²) in [6, 6.07) is 8.84. The van der Waals surface area contributed by atoms with Crippen LogP contribution in [-0.4, -0.2) is 19.6 Å². The fraction of sp³-hybridized carbons (Fsp3) is 0.353. The number of amides is 1. The van der Waals surface area contributed by atoms with Crippen molar-refractivity contribution in [3.8, 4) is 11.5 Å².